The lowest BCUT2D eigenvalue weighted by Gasteiger charge is -2.39. The number of rotatable bonds is 8. The maximum Gasteiger partial charge on any atom is 0.316 e. The van der Waals surface area contributed by atoms with Crippen LogP contribution >= 0.6 is 0 Å². The van der Waals surface area contributed by atoms with Gasteiger partial charge in [0.05, 0.1) is 5.41 Å². The van der Waals surface area contributed by atoms with Crippen LogP contribution in [-0.2, 0) is 11.2 Å². The summed E-state index contributed by atoms with van der Waals surface area (Å²) in [4.78, 5) is 12.8. The molecule has 2 bridgehead atoms. The summed E-state index contributed by atoms with van der Waals surface area (Å²) in [7, 11) is 0. The van der Waals surface area contributed by atoms with Gasteiger partial charge >= 0.3 is 5.97 Å². The summed E-state index contributed by atoms with van der Waals surface area (Å²) in [5.74, 6) is 0.349. The van der Waals surface area contributed by atoms with Gasteiger partial charge in [0.1, 0.15) is 11.6 Å². The van der Waals surface area contributed by atoms with Crippen molar-refractivity contribution < 1.29 is 13.9 Å². The average molecular weight is 418 g/mol. The molecule has 1 aromatic carbocycles. The number of nitrogens with two attached hydrogens (primary N) is 1. The first-order valence-corrected chi connectivity index (χ1v) is 12.1. The monoisotopic (exact) mass is 417 g/mol. The summed E-state index contributed by atoms with van der Waals surface area (Å²) in [6.45, 7) is 6.06. The molecular weight excluding hydrogens is 377 g/mol. The third-order valence-corrected chi connectivity index (χ3v) is 7.34. The number of hydrogen-bond donors (Lipinski definition) is 1. The third-order valence-electron chi connectivity index (χ3n) is 7.34. The van der Waals surface area contributed by atoms with Gasteiger partial charge in [-0.3, -0.25) is 4.79 Å². The lowest BCUT2D eigenvalue weighted by atomic mass is 9.68. The number of fused-ring (bicyclic) bond motifs is 4. The first-order chi connectivity index (χ1) is 14.3. The summed E-state index contributed by atoms with van der Waals surface area (Å²) < 4.78 is 20.7. The second-order valence-electron chi connectivity index (χ2n) is 10.2. The van der Waals surface area contributed by atoms with Crippen molar-refractivity contribution >= 4 is 5.97 Å². The van der Waals surface area contributed by atoms with E-state index in [4.69, 9.17) is 10.5 Å². The molecule has 1 saturated carbocycles. The zero-order valence-corrected chi connectivity index (χ0v) is 19.1. The van der Waals surface area contributed by atoms with E-state index in [0.717, 1.165) is 49.7 Å². The van der Waals surface area contributed by atoms with Crippen LogP contribution in [0.3, 0.4) is 0 Å². The lowest BCUT2D eigenvalue weighted by Crippen LogP contribution is -2.42. The number of hydrogen-bond acceptors (Lipinski definition) is 3. The van der Waals surface area contributed by atoms with E-state index in [2.05, 4.69) is 6.92 Å². The van der Waals surface area contributed by atoms with E-state index >= 15 is 4.39 Å². The van der Waals surface area contributed by atoms with Crippen LogP contribution in [0.5, 0.6) is 5.75 Å². The van der Waals surface area contributed by atoms with Crippen molar-refractivity contribution in [1.29, 1.82) is 0 Å². The number of ether oxygens (including phenoxy) is 1. The third kappa shape index (κ3) is 5.43. The maximum atomic E-state index is 15.0. The standard InChI is InChI=1S/C26H40FNO2/c1-4-5-6-7-11-14-26(2,3)25(29)30-19-16-21-20-13-10-8-9-12-18(24(20)28)15-22(21)23(27)17-19/h16-18,20,24H,4-15,28H2,1-3H3/t18-,20+,24?/m0/s1. The maximum absolute atomic E-state index is 15.0. The minimum Gasteiger partial charge on any atom is -0.426 e. The van der Waals surface area contributed by atoms with E-state index in [1.165, 1.54) is 38.2 Å². The van der Waals surface area contributed by atoms with Gasteiger partial charge in [0.25, 0.3) is 0 Å². The Labute approximate surface area is 181 Å². The van der Waals surface area contributed by atoms with Crippen LogP contribution in [0.2, 0.25) is 0 Å². The van der Waals surface area contributed by atoms with Gasteiger partial charge in [-0.15, -0.1) is 0 Å². The largest absolute Gasteiger partial charge is 0.426 e. The Bertz CT molecular complexity index is 730. The van der Waals surface area contributed by atoms with Crippen molar-refractivity contribution in [3.8, 4) is 5.75 Å². The Morgan fingerprint density at radius 1 is 1.13 bits per heavy atom. The average Bonchev–Trinajstić information content (AvgIpc) is 2.69. The van der Waals surface area contributed by atoms with E-state index in [1.807, 2.05) is 19.9 Å². The second-order valence-corrected chi connectivity index (χ2v) is 10.2. The molecule has 2 aliphatic rings. The predicted octanol–water partition coefficient (Wildman–Crippen LogP) is 6.67. The van der Waals surface area contributed by atoms with Crippen LogP contribution in [0.4, 0.5) is 4.39 Å². The molecule has 168 valence electrons. The molecule has 30 heavy (non-hydrogen) atoms. The number of carbonyl (C=O) groups is 1. The normalized spacial score (nSPS) is 24.0. The number of unbranched alkanes of at least 4 members (excludes halogenated alkanes) is 4. The Balaban J connectivity index is 1.72. The molecule has 1 aromatic rings. The van der Waals surface area contributed by atoms with E-state index in [9.17, 15) is 4.79 Å². The summed E-state index contributed by atoms with van der Waals surface area (Å²) in [6.07, 6.45) is 12.9. The quantitative estimate of drug-likeness (QED) is 0.292. The van der Waals surface area contributed by atoms with Crippen molar-refractivity contribution in [1.82, 2.24) is 0 Å². The van der Waals surface area contributed by atoms with Crippen LogP contribution in [0.25, 0.3) is 0 Å². The number of halogens is 1. The fourth-order valence-electron chi connectivity index (χ4n) is 5.28. The molecule has 3 atom stereocenters. The smallest absolute Gasteiger partial charge is 0.316 e. The predicted molar refractivity (Wildman–Crippen MR) is 120 cm³/mol. The first kappa shape index (κ1) is 23.2. The molecule has 0 aliphatic heterocycles. The molecule has 2 aliphatic carbocycles. The van der Waals surface area contributed by atoms with Crippen LogP contribution in [0.1, 0.15) is 108 Å². The SMILES string of the molecule is CCCCCCCC(C)(C)C(=O)Oc1cc(F)c2c(c1)[C@H]1CCCCC[C@@H](C2)C1N. The summed E-state index contributed by atoms with van der Waals surface area (Å²) in [5.41, 5.74) is 7.80. The van der Waals surface area contributed by atoms with E-state index in [1.54, 1.807) is 0 Å². The van der Waals surface area contributed by atoms with Crippen LogP contribution in [0.15, 0.2) is 12.1 Å². The number of carbonyl (C=O) groups excluding carboxylic acids is 1. The molecule has 0 heterocycles. The number of esters is 1. The topological polar surface area (TPSA) is 52.3 Å². The van der Waals surface area contributed by atoms with Gasteiger partial charge in [-0.25, -0.2) is 4.39 Å². The van der Waals surface area contributed by atoms with Gasteiger partial charge in [0, 0.05) is 12.1 Å². The molecule has 0 amide bonds. The minimum atomic E-state index is -0.569. The highest BCUT2D eigenvalue weighted by molar-refractivity contribution is 5.78. The van der Waals surface area contributed by atoms with Crippen molar-refractivity contribution in [2.45, 2.75) is 110 Å². The first-order valence-electron chi connectivity index (χ1n) is 12.1. The van der Waals surface area contributed by atoms with Gasteiger partial charge < -0.3 is 10.5 Å². The lowest BCUT2D eigenvalue weighted by molar-refractivity contribution is -0.144. The molecule has 1 unspecified atom stereocenters. The molecule has 0 aromatic heterocycles. The summed E-state index contributed by atoms with van der Waals surface area (Å²) >= 11 is 0. The molecule has 0 spiro atoms. The zero-order chi connectivity index (χ0) is 21.7. The van der Waals surface area contributed by atoms with Gasteiger partial charge in [0.15, 0.2) is 0 Å². The molecule has 0 saturated heterocycles. The molecule has 3 nitrogen and oxygen atoms in total. The van der Waals surface area contributed by atoms with Gasteiger partial charge in [-0.05, 0) is 68.6 Å². The Kier molecular flexibility index (Phi) is 7.95. The fraction of sp³-hybridized carbons (Fsp3) is 0.731. The van der Waals surface area contributed by atoms with Crippen LogP contribution in [0, 0.1) is 17.2 Å². The van der Waals surface area contributed by atoms with Crippen molar-refractivity contribution in [2.24, 2.45) is 17.1 Å². The van der Waals surface area contributed by atoms with E-state index in [0.29, 0.717) is 18.1 Å². The highest BCUT2D eigenvalue weighted by Crippen LogP contribution is 2.43. The van der Waals surface area contributed by atoms with Crippen molar-refractivity contribution in [2.75, 3.05) is 0 Å². The highest BCUT2D eigenvalue weighted by atomic mass is 19.1. The minimum absolute atomic E-state index is 0.0720. The Morgan fingerprint density at radius 3 is 2.63 bits per heavy atom. The summed E-state index contributed by atoms with van der Waals surface area (Å²) in [5, 5.41) is 0. The van der Waals surface area contributed by atoms with E-state index < -0.39 is 5.41 Å². The fourth-order valence-corrected chi connectivity index (χ4v) is 5.28. The second kappa shape index (κ2) is 10.3. The molecule has 4 heteroatoms. The van der Waals surface area contributed by atoms with Gasteiger partial charge in [-0.1, -0.05) is 58.3 Å². The van der Waals surface area contributed by atoms with Crippen LogP contribution < -0.4 is 10.5 Å². The highest BCUT2D eigenvalue weighted by Gasteiger charge is 2.37. The Morgan fingerprint density at radius 2 is 1.87 bits per heavy atom. The number of benzene rings is 1. The molecule has 2 N–H and O–H groups in total. The van der Waals surface area contributed by atoms with Crippen molar-refractivity contribution in [3.63, 3.8) is 0 Å². The molecular formula is C26H40FNO2. The zero-order valence-electron chi connectivity index (χ0n) is 19.1. The molecule has 0 radical (unpaired) electrons. The molecule has 3 rings (SSSR count). The van der Waals surface area contributed by atoms with Crippen LogP contribution in [-0.4, -0.2) is 12.0 Å². The molecule has 1 fully saturated rings. The summed E-state index contributed by atoms with van der Waals surface area (Å²) in [6, 6.07) is 3.38. The van der Waals surface area contributed by atoms with Gasteiger partial charge in [0.2, 0.25) is 0 Å². The van der Waals surface area contributed by atoms with Gasteiger partial charge in [-0.2, -0.15) is 0 Å². The van der Waals surface area contributed by atoms with Crippen molar-refractivity contribution in [3.05, 3.63) is 29.1 Å². The van der Waals surface area contributed by atoms with E-state index in [-0.39, 0.29) is 23.7 Å². The Hall–Kier alpha value is -1.42.